The molecule has 1 aromatic rings. The number of hydrogen-bond donors (Lipinski definition) is 2. The molecule has 0 bridgehead atoms. The SMILES string of the molecule is CC(C)(C)OC(=O)NC1CCN(CC2CN(c3ccc4c(c3)NC(=O)CO4)C(=O)O2)CC1. The summed E-state index contributed by atoms with van der Waals surface area (Å²) in [5, 5.41) is 5.69. The summed E-state index contributed by atoms with van der Waals surface area (Å²) in [5.41, 5.74) is 0.691. The van der Waals surface area contributed by atoms with Crippen LogP contribution in [0.4, 0.5) is 21.0 Å². The van der Waals surface area contributed by atoms with Crippen molar-refractivity contribution < 1.29 is 28.6 Å². The smallest absolute Gasteiger partial charge is 0.414 e. The predicted octanol–water partition coefficient (Wildman–Crippen LogP) is 2.33. The molecule has 0 saturated carbocycles. The lowest BCUT2D eigenvalue weighted by Crippen LogP contribution is -2.47. The summed E-state index contributed by atoms with van der Waals surface area (Å²) >= 11 is 0. The molecule has 32 heavy (non-hydrogen) atoms. The fourth-order valence-electron chi connectivity index (χ4n) is 4.09. The van der Waals surface area contributed by atoms with Crippen molar-refractivity contribution in [3.63, 3.8) is 0 Å². The third-order valence-electron chi connectivity index (χ3n) is 5.55. The second-order valence-electron chi connectivity index (χ2n) is 9.35. The molecule has 1 atom stereocenters. The Hall–Kier alpha value is -3.01. The first-order valence-electron chi connectivity index (χ1n) is 10.9. The van der Waals surface area contributed by atoms with Crippen molar-refractivity contribution in [1.29, 1.82) is 0 Å². The molecule has 2 fully saturated rings. The van der Waals surface area contributed by atoms with Gasteiger partial charge in [-0.2, -0.15) is 0 Å². The molecule has 4 rings (SSSR count). The van der Waals surface area contributed by atoms with E-state index < -0.39 is 11.7 Å². The molecular formula is C22H30N4O6. The highest BCUT2D eigenvalue weighted by atomic mass is 16.6. The standard InChI is InChI=1S/C22H30N4O6/c1-22(2,3)32-20(28)23-14-6-8-25(9-7-14)11-16-12-26(21(29)31-16)15-4-5-18-17(10-15)24-19(27)13-30-18/h4-5,10,14,16H,6-9,11-13H2,1-3H3,(H,23,28)(H,24,27). The van der Waals surface area contributed by atoms with Crippen molar-refractivity contribution in [2.24, 2.45) is 0 Å². The van der Waals surface area contributed by atoms with Crippen LogP contribution in [0.5, 0.6) is 5.75 Å². The van der Waals surface area contributed by atoms with Gasteiger partial charge in [0.15, 0.2) is 6.61 Å². The molecule has 10 nitrogen and oxygen atoms in total. The molecule has 10 heteroatoms. The minimum absolute atomic E-state index is 0.00976. The fraction of sp³-hybridized carbons (Fsp3) is 0.591. The molecule has 2 saturated heterocycles. The molecule has 0 aliphatic carbocycles. The summed E-state index contributed by atoms with van der Waals surface area (Å²) < 4.78 is 16.3. The third-order valence-corrected chi connectivity index (χ3v) is 5.55. The topological polar surface area (TPSA) is 109 Å². The minimum Gasteiger partial charge on any atom is -0.482 e. The van der Waals surface area contributed by atoms with E-state index in [9.17, 15) is 14.4 Å². The van der Waals surface area contributed by atoms with Crippen LogP contribution in [0.3, 0.4) is 0 Å². The van der Waals surface area contributed by atoms with Crippen LogP contribution in [-0.2, 0) is 14.3 Å². The van der Waals surface area contributed by atoms with Crippen molar-refractivity contribution >= 4 is 29.5 Å². The van der Waals surface area contributed by atoms with Crippen LogP contribution in [0, 0.1) is 0 Å². The van der Waals surface area contributed by atoms with E-state index in [0.29, 0.717) is 30.2 Å². The monoisotopic (exact) mass is 446 g/mol. The number of fused-ring (bicyclic) bond motifs is 1. The van der Waals surface area contributed by atoms with Crippen LogP contribution >= 0.6 is 0 Å². The molecule has 0 spiro atoms. The van der Waals surface area contributed by atoms with Crippen LogP contribution in [0.1, 0.15) is 33.6 Å². The number of ether oxygens (including phenoxy) is 3. The maximum Gasteiger partial charge on any atom is 0.414 e. The van der Waals surface area contributed by atoms with E-state index in [1.807, 2.05) is 20.8 Å². The lowest BCUT2D eigenvalue weighted by Gasteiger charge is -2.33. The zero-order chi connectivity index (χ0) is 22.9. The summed E-state index contributed by atoms with van der Waals surface area (Å²) in [5.74, 6) is 0.362. The van der Waals surface area contributed by atoms with E-state index in [1.165, 1.54) is 0 Å². The molecule has 0 radical (unpaired) electrons. The Morgan fingerprint density at radius 3 is 2.72 bits per heavy atom. The van der Waals surface area contributed by atoms with Gasteiger partial charge >= 0.3 is 12.2 Å². The fourth-order valence-corrected chi connectivity index (χ4v) is 4.09. The minimum atomic E-state index is -0.514. The Kier molecular flexibility index (Phi) is 6.14. The summed E-state index contributed by atoms with van der Waals surface area (Å²) in [6.07, 6.45) is 0.588. The van der Waals surface area contributed by atoms with Gasteiger partial charge in [-0.1, -0.05) is 0 Å². The maximum atomic E-state index is 12.5. The Morgan fingerprint density at radius 1 is 1.25 bits per heavy atom. The van der Waals surface area contributed by atoms with E-state index in [-0.39, 0.29) is 30.8 Å². The van der Waals surface area contributed by atoms with Gasteiger partial charge < -0.3 is 24.8 Å². The zero-order valence-corrected chi connectivity index (χ0v) is 18.7. The number of alkyl carbamates (subject to hydrolysis) is 1. The lowest BCUT2D eigenvalue weighted by molar-refractivity contribution is -0.118. The van der Waals surface area contributed by atoms with Gasteiger partial charge in [0.1, 0.15) is 17.5 Å². The number of carbonyl (C=O) groups is 3. The molecule has 3 heterocycles. The van der Waals surface area contributed by atoms with Gasteiger partial charge in [-0.05, 0) is 51.8 Å². The highest BCUT2D eigenvalue weighted by molar-refractivity contribution is 5.97. The number of piperidine rings is 1. The predicted molar refractivity (Wildman–Crippen MR) is 117 cm³/mol. The summed E-state index contributed by atoms with van der Waals surface area (Å²) in [6.45, 7) is 8.19. The normalized spacial score (nSPS) is 22.0. The lowest BCUT2D eigenvalue weighted by atomic mass is 10.0. The van der Waals surface area contributed by atoms with E-state index in [0.717, 1.165) is 25.9 Å². The summed E-state index contributed by atoms with van der Waals surface area (Å²) in [7, 11) is 0. The number of rotatable bonds is 4. The summed E-state index contributed by atoms with van der Waals surface area (Å²) in [6, 6.07) is 5.33. The molecule has 3 amide bonds. The van der Waals surface area contributed by atoms with Gasteiger partial charge in [0.05, 0.1) is 12.2 Å². The molecular weight excluding hydrogens is 416 g/mol. The number of likely N-dealkylation sites (tertiary alicyclic amines) is 1. The van der Waals surface area contributed by atoms with Gasteiger partial charge in [0.25, 0.3) is 5.91 Å². The van der Waals surface area contributed by atoms with Gasteiger partial charge in [-0.15, -0.1) is 0 Å². The average molecular weight is 447 g/mol. The van der Waals surface area contributed by atoms with Gasteiger partial charge in [0.2, 0.25) is 0 Å². The number of nitrogens with zero attached hydrogens (tertiary/aromatic N) is 2. The van der Waals surface area contributed by atoms with Crippen LogP contribution in [0.15, 0.2) is 18.2 Å². The molecule has 3 aliphatic rings. The van der Waals surface area contributed by atoms with Crippen molar-refractivity contribution in [1.82, 2.24) is 10.2 Å². The number of amides is 3. The van der Waals surface area contributed by atoms with Crippen LogP contribution in [-0.4, -0.2) is 73.5 Å². The molecule has 3 aliphatic heterocycles. The Labute approximate surface area is 187 Å². The highest BCUT2D eigenvalue weighted by Crippen LogP contribution is 2.33. The number of cyclic esters (lactones) is 1. The third kappa shape index (κ3) is 5.42. The van der Waals surface area contributed by atoms with Crippen LogP contribution in [0.25, 0.3) is 0 Å². The Morgan fingerprint density at radius 2 is 2.00 bits per heavy atom. The quantitative estimate of drug-likeness (QED) is 0.731. The number of hydrogen-bond acceptors (Lipinski definition) is 7. The number of nitrogens with one attached hydrogen (secondary N) is 2. The van der Waals surface area contributed by atoms with Crippen molar-refractivity contribution in [2.75, 3.05) is 43.0 Å². The first-order valence-corrected chi connectivity index (χ1v) is 10.9. The van der Waals surface area contributed by atoms with E-state index in [4.69, 9.17) is 14.2 Å². The van der Waals surface area contributed by atoms with Crippen molar-refractivity contribution in [2.45, 2.75) is 51.4 Å². The van der Waals surface area contributed by atoms with Gasteiger partial charge in [0, 0.05) is 31.4 Å². The molecule has 174 valence electrons. The molecule has 0 aromatic heterocycles. The number of anilines is 2. The number of benzene rings is 1. The van der Waals surface area contributed by atoms with E-state index in [2.05, 4.69) is 15.5 Å². The molecule has 1 aromatic carbocycles. The summed E-state index contributed by atoms with van der Waals surface area (Å²) in [4.78, 5) is 39.8. The largest absolute Gasteiger partial charge is 0.482 e. The average Bonchev–Trinajstić information content (AvgIpc) is 3.07. The first-order chi connectivity index (χ1) is 15.2. The van der Waals surface area contributed by atoms with Crippen LogP contribution in [0.2, 0.25) is 0 Å². The highest BCUT2D eigenvalue weighted by Gasteiger charge is 2.35. The van der Waals surface area contributed by atoms with E-state index >= 15 is 0 Å². The van der Waals surface area contributed by atoms with Crippen molar-refractivity contribution in [3.05, 3.63) is 18.2 Å². The van der Waals surface area contributed by atoms with Gasteiger partial charge in [-0.25, -0.2) is 9.59 Å². The van der Waals surface area contributed by atoms with Crippen LogP contribution < -0.4 is 20.3 Å². The van der Waals surface area contributed by atoms with Gasteiger partial charge in [-0.3, -0.25) is 14.6 Å². The maximum absolute atomic E-state index is 12.5. The Bertz CT molecular complexity index is 891. The second-order valence-corrected chi connectivity index (χ2v) is 9.35. The van der Waals surface area contributed by atoms with Crippen molar-refractivity contribution in [3.8, 4) is 5.75 Å². The molecule has 1 unspecified atom stereocenters. The molecule has 2 N–H and O–H groups in total. The zero-order valence-electron chi connectivity index (χ0n) is 18.7. The second kappa shape index (κ2) is 8.85. The number of carbonyl (C=O) groups excluding carboxylic acids is 3. The first kappa shape index (κ1) is 22.2. The Balaban J connectivity index is 1.26. The van der Waals surface area contributed by atoms with E-state index in [1.54, 1.807) is 23.1 Å².